The first-order valence-corrected chi connectivity index (χ1v) is 8.09. The lowest BCUT2D eigenvalue weighted by molar-refractivity contribution is -0.128. The van der Waals surface area contributed by atoms with E-state index in [-0.39, 0.29) is 18.6 Å². The van der Waals surface area contributed by atoms with Crippen LogP contribution < -0.4 is 5.32 Å². The molecule has 1 saturated heterocycles. The Hall–Kier alpha value is -1.02. The monoisotopic (exact) mass is 313 g/mol. The Morgan fingerprint density at radius 3 is 3.10 bits per heavy atom. The SMILES string of the molecule is Cc1ncsc1CCOCC(O)CNC1CCN(C)C1=O. The summed E-state index contributed by atoms with van der Waals surface area (Å²) in [5, 5.41) is 12.9. The maximum atomic E-state index is 11.7. The van der Waals surface area contributed by atoms with Gasteiger partial charge in [-0.1, -0.05) is 0 Å². The average Bonchev–Trinajstić information content (AvgIpc) is 3.01. The van der Waals surface area contributed by atoms with Crippen LogP contribution in [0.4, 0.5) is 0 Å². The molecule has 1 aliphatic heterocycles. The van der Waals surface area contributed by atoms with Crippen LogP contribution in [0.1, 0.15) is 17.0 Å². The van der Waals surface area contributed by atoms with Crippen LogP contribution >= 0.6 is 11.3 Å². The van der Waals surface area contributed by atoms with E-state index in [4.69, 9.17) is 4.74 Å². The molecular weight excluding hydrogens is 290 g/mol. The second kappa shape index (κ2) is 7.84. The quantitative estimate of drug-likeness (QED) is 0.670. The smallest absolute Gasteiger partial charge is 0.239 e. The molecule has 2 atom stereocenters. The van der Waals surface area contributed by atoms with Crippen molar-refractivity contribution >= 4 is 17.2 Å². The van der Waals surface area contributed by atoms with Crippen LogP contribution in [-0.4, -0.2) is 66.4 Å². The first kappa shape index (κ1) is 16.4. The van der Waals surface area contributed by atoms with Crippen molar-refractivity contribution in [2.75, 3.05) is 33.4 Å². The van der Waals surface area contributed by atoms with Crippen molar-refractivity contribution in [1.82, 2.24) is 15.2 Å². The topological polar surface area (TPSA) is 74.7 Å². The minimum absolute atomic E-state index is 0.101. The number of ether oxygens (including phenoxy) is 1. The Kier molecular flexibility index (Phi) is 6.10. The third-order valence-electron chi connectivity index (χ3n) is 3.66. The van der Waals surface area contributed by atoms with Gasteiger partial charge in [0.05, 0.1) is 36.6 Å². The number of aliphatic hydroxyl groups excluding tert-OH is 1. The Morgan fingerprint density at radius 1 is 1.67 bits per heavy atom. The lowest BCUT2D eigenvalue weighted by atomic mass is 10.2. The second-order valence-electron chi connectivity index (χ2n) is 5.35. The molecule has 0 aliphatic carbocycles. The van der Waals surface area contributed by atoms with Gasteiger partial charge in [-0.2, -0.15) is 0 Å². The molecule has 6 nitrogen and oxygen atoms in total. The van der Waals surface area contributed by atoms with Crippen molar-refractivity contribution in [1.29, 1.82) is 0 Å². The van der Waals surface area contributed by atoms with Gasteiger partial charge < -0.3 is 20.1 Å². The first-order chi connectivity index (χ1) is 10.1. The summed E-state index contributed by atoms with van der Waals surface area (Å²) in [7, 11) is 1.80. The molecule has 1 aromatic rings. The van der Waals surface area contributed by atoms with Crippen molar-refractivity contribution in [2.45, 2.75) is 31.9 Å². The Balaban J connectivity index is 1.56. The fourth-order valence-corrected chi connectivity index (χ4v) is 3.06. The zero-order valence-corrected chi connectivity index (χ0v) is 13.4. The Bertz CT molecular complexity index is 466. The molecule has 21 heavy (non-hydrogen) atoms. The summed E-state index contributed by atoms with van der Waals surface area (Å²) in [5.41, 5.74) is 2.88. The van der Waals surface area contributed by atoms with Gasteiger partial charge in [-0.3, -0.25) is 4.79 Å². The highest BCUT2D eigenvalue weighted by Gasteiger charge is 2.28. The van der Waals surface area contributed by atoms with Crippen LogP contribution in [0.3, 0.4) is 0 Å². The zero-order chi connectivity index (χ0) is 15.2. The highest BCUT2D eigenvalue weighted by molar-refractivity contribution is 7.09. The van der Waals surface area contributed by atoms with Crippen LogP contribution in [0, 0.1) is 6.92 Å². The third-order valence-corrected chi connectivity index (χ3v) is 4.65. The molecular formula is C14H23N3O3S. The standard InChI is InChI=1S/C14H23N3O3S/c1-10-13(21-9-16-10)4-6-20-8-11(18)7-15-12-3-5-17(2)14(12)19/h9,11-12,15,18H,3-8H2,1-2H3. The number of nitrogens with zero attached hydrogens (tertiary/aromatic N) is 2. The molecule has 1 aromatic heterocycles. The molecule has 1 aliphatic rings. The summed E-state index contributed by atoms with van der Waals surface area (Å²) < 4.78 is 5.48. The predicted molar refractivity (Wildman–Crippen MR) is 81.4 cm³/mol. The first-order valence-electron chi connectivity index (χ1n) is 7.21. The van der Waals surface area contributed by atoms with E-state index < -0.39 is 6.10 Å². The number of amides is 1. The summed E-state index contributed by atoms with van der Waals surface area (Å²) in [4.78, 5) is 18.8. The van der Waals surface area contributed by atoms with Gasteiger partial charge in [-0.05, 0) is 13.3 Å². The molecule has 2 heterocycles. The fraction of sp³-hybridized carbons (Fsp3) is 0.714. The van der Waals surface area contributed by atoms with Gasteiger partial charge in [0, 0.05) is 31.4 Å². The molecule has 1 amide bonds. The third kappa shape index (κ3) is 4.74. The van der Waals surface area contributed by atoms with Crippen LogP contribution in [0.2, 0.25) is 0 Å². The second-order valence-corrected chi connectivity index (χ2v) is 6.29. The number of hydrogen-bond donors (Lipinski definition) is 2. The largest absolute Gasteiger partial charge is 0.389 e. The average molecular weight is 313 g/mol. The number of carbonyl (C=O) groups is 1. The number of rotatable bonds is 8. The van der Waals surface area contributed by atoms with Crippen LogP contribution in [0.15, 0.2) is 5.51 Å². The van der Waals surface area contributed by atoms with Crippen LogP contribution in [0.5, 0.6) is 0 Å². The van der Waals surface area contributed by atoms with E-state index in [2.05, 4.69) is 10.3 Å². The zero-order valence-electron chi connectivity index (χ0n) is 12.5. The molecule has 2 rings (SSSR count). The Morgan fingerprint density at radius 2 is 2.48 bits per heavy atom. The lowest BCUT2D eigenvalue weighted by Gasteiger charge is -2.16. The molecule has 7 heteroatoms. The molecule has 0 aromatic carbocycles. The number of carbonyl (C=O) groups excluding carboxylic acids is 1. The molecule has 0 saturated carbocycles. The van der Waals surface area contributed by atoms with Crippen LogP contribution in [-0.2, 0) is 16.0 Å². The van der Waals surface area contributed by atoms with E-state index in [0.29, 0.717) is 13.2 Å². The van der Waals surface area contributed by atoms with Gasteiger partial charge in [0.15, 0.2) is 0 Å². The van der Waals surface area contributed by atoms with E-state index in [1.807, 2.05) is 12.4 Å². The normalized spacial score (nSPS) is 20.2. The molecule has 2 unspecified atom stereocenters. The number of nitrogens with one attached hydrogen (secondary N) is 1. The fourth-order valence-electron chi connectivity index (χ4n) is 2.30. The van der Waals surface area contributed by atoms with Crippen LogP contribution in [0.25, 0.3) is 0 Å². The number of hydrogen-bond acceptors (Lipinski definition) is 6. The van der Waals surface area contributed by atoms with Crippen molar-refractivity contribution in [3.8, 4) is 0 Å². The van der Waals surface area contributed by atoms with E-state index in [1.54, 1.807) is 23.3 Å². The molecule has 0 radical (unpaired) electrons. The molecule has 1 fully saturated rings. The summed E-state index contributed by atoms with van der Waals surface area (Å²) in [5.74, 6) is 0.101. The number of aliphatic hydroxyl groups is 1. The highest BCUT2D eigenvalue weighted by Crippen LogP contribution is 2.12. The van der Waals surface area contributed by atoms with Gasteiger partial charge in [0.1, 0.15) is 0 Å². The number of aromatic nitrogens is 1. The maximum Gasteiger partial charge on any atom is 0.239 e. The van der Waals surface area contributed by atoms with E-state index in [9.17, 15) is 9.90 Å². The summed E-state index contributed by atoms with van der Waals surface area (Å²) >= 11 is 1.63. The maximum absolute atomic E-state index is 11.7. The van der Waals surface area contributed by atoms with Crippen molar-refractivity contribution < 1.29 is 14.6 Å². The summed E-state index contributed by atoms with van der Waals surface area (Å²) in [6, 6.07) is -0.163. The number of likely N-dealkylation sites (tertiary alicyclic amines) is 1. The van der Waals surface area contributed by atoms with E-state index in [1.165, 1.54) is 4.88 Å². The molecule has 118 valence electrons. The minimum Gasteiger partial charge on any atom is -0.389 e. The number of aryl methyl sites for hydroxylation is 1. The minimum atomic E-state index is -0.591. The van der Waals surface area contributed by atoms with Crippen molar-refractivity contribution in [3.05, 3.63) is 16.1 Å². The van der Waals surface area contributed by atoms with E-state index in [0.717, 1.165) is 25.1 Å². The van der Waals surface area contributed by atoms with Gasteiger partial charge >= 0.3 is 0 Å². The molecule has 2 N–H and O–H groups in total. The molecule has 0 bridgehead atoms. The van der Waals surface area contributed by atoms with Gasteiger partial charge in [0.2, 0.25) is 5.91 Å². The van der Waals surface area contributed by atoms with Crippen molar-refractivity contribution in [2.24, 2.45) is 0 Å². The van der Waals surface area contributed by atoms with Gasteiger partial charge in [0.25, 0.3) is 0 Å². The number of thiazole rings is 1. The predicted octanol–water partition coefficient (Wildman–Crippen LogP) is 0.192. The van der Waals surface area contributed by atoms with Gasteiger partial charge in [-0.25, -0.2) is 4.98 Å². The van der Waals surface area contributed by atoms with Gasteiger partial charge in [-0.15, -0.1) is 11.3 Å². The molecule has 0 spiro atoms. The lowest BCUT2D eigenvalue weighted by Crippen LogP contribution is -2.41. The van der Waals surface area contributed by atoms with E-state index >= 15 is 0 Å². The summed E-state index contributed by atoms with van der Waals surface area (Å²) in [6.45, 7) is 3.99. The summed E-state index contributed by atoms with van der Waals surface area (Å²) in [6.07, 6.45) is 1.03. The van der Waals surface area contributed by atoms with Crippen molar-refractivity contribution in [3.63, 3.8) is 0 Å². The Labute approximate surface area is 129 Å². The highest BCUT2D eigenvalue weighted by atomic mass is 32.1. The number of likely N-dealkylation sites (N-methyl/N-ethyl adjacent to an activating group) is 1.